The van der Waals surface area contributed by atoms with Crippen LogP contribution in [-0.4, -0.2) is 39.9 Å². The summed E-state index contributed by atoms with van der Waals surface area (Å²) in [5, 5.41) is 17.2. The summed E-state index contributed by atoms with van der Waals surface area (Å²) in [6, 6.07) is 6.57. The van der Waals surface area contributed by atoms with E-state index < -0.39 is 4.92 Å². The van der Waals surface area contributed by atoms with Crippen LogP contribution in [0.2, 0.25) is 0 Å². The first-order valence-corrected chi connectivity index (χ1v) is 10.1. The van der Waals surface area contributed by atoms with Crippen LogP contribution in [0.5, 0.6) is 0 Å². The van der Waals surface area contributed by atoms with Gasteiger partial charge >= 0.3 is 0 Å². The molecule has 0 saturated carbocycles. The Labute approximate surface area is 187 Å². The van der Waals surface area contributed by atoms with Gasteiger partial charge in [-0.3, -0.25) is 14.9 Å². The topological polar surface area (TPSA) is 139 Å². The summed E-state index contributed by atoms with van der Waals surface area (Å²) in [6.45, 7) is 5.11. The molecule has 0 aliphatic carbocycles. The number of nitro benzene ring substituents is 1. The molecular formula is C20H28ClN7O3. The highest BCUT2D eigenvalue weighted by Crippen LogP contribution is 2.27. The van der Waals surface area contributed by atoms with Gasteiger partial charge in [-0.25, -0.2) is 4.98 Å². The number of nitrogens with two attached hydrogens (primary N) is 1. The molecule has 0 radical (unpaired) electrons. The second kappa shape index (κ2) is 10.8. The first-order valence-electron chi connectivity index (χ1n) is 10.1. The van der Waals surface area contributed by atoms with Crippen molar-refractivity contribution >= 4 is 47.1 Å². The smallest absolute Gasteiger partial charge is 0.294 e. The summed E-state index contributed by atoms with van der Waals surface area (Å²) in [5.41, 5.74) is 6.99. The SMILES string of the molecule is CCCc1cc(N2CCCC(NC(C)=O)C2)nc(Nc2ccc(N)c([N+](=O)[O-])c2)n1.Cl. The molecule has 1 saturated heterocycles. The summed E-state index contributed by atoms with van der Waals surface area (Å²) >= 11 is 0. The first-order chi connectivity index (χ1) is 14.4. The van der Waals surface area contributed by atoms with Crippen molar-refractivity contribution < 1.29 is 9.72 Å². The highest BCUT2D eigenvalue weighted by Gasteiger charge is 2.22. The third-order valence-corrected chi connectivity index (χ3v) is 4.91. The molecular weight excluding hydrogens is 422 g/mol. The number of halogens is 1. The Hall–Kier alpha value is -3.14. The first kappa shape index (κ1) is 24.1. The Balaban J connectivity index is 0.00000341. The van der Waals surface area contributed by atoms with Gasteiger partial charge in [0.15, 0.2) is 0 Å². The van der Waals surface area contributed by atoms with E-state index in [1.807, 2.05) is 6.07 Å². The number of benzene rings is 1. The molecule has 1 aliphatic rings. The van der Waals surface area contributed by atoms with Crippen LogP contribution in [0.1, 0.15) is 38.8 Å². The van der Waals surface area contributed by atoms with Gasteiger partial charge in [-0.1, -0.05) is 13.3 Å². The third kappa shape index (κ3) is 6.42. The molecule has 168 valence electrons. The molecule has 1 aliphatic heterocycles. The van der Waals surface area contributed by atoms with Gasteiger partial charge < -0.3 is 21.3 Å². The molecule has 1 aromatic heterocycles. The highest BCUT2D eigenvalue weighted by atomic mass is 35.5. The molecule has 1 amide bonds. The van der Waals surface area contributed by atoms with Gasteiger partial charge in [-0.05, 0) is 31.4 Å². The molecule has 1 unspecified atom stereocenters. The minimum absolute atomic E-state index is 0. The predicted octanol–water partition coefficient (Wildman–Crippen LogP) is 3.19. The van der Waals surface area contributed by atoms with E-state index in [0.29, 0.717) is 18.2 Å². The van der Waals surface area contributed by atoms with Crippen molar-refractivity contribution in [3.05, 3.63) is 40.1 Å². The molecule has 0 spiro atoms. The van der Waals surface area contributed by atoms with Crippen molar-refractivity contribution in [1.29, 1.82) is 0 Å². The fourth-order valence-electron chi connectivity index (χ4n) is 3.58. The van der Waals surface area contributed by atoms with Crippen molar-refractivity contribution in [2.45, 2.75) is 45.6 Å². The molecule has 1 fully saturated rings. The van der Waals surface area contributed by atoms with Crippen molar-refractivity contribution in [3.63, 3.8) is 0 Å². The van der Waals surface area contributed by atoms with E-state index in [2.05, 4.69) is 32.4 Å². The molecule has 4 N–H and O–H groups in total. The molecule has 31 heavy (non-hydrogen) atoms. The van der Waals surface area contributed by atoms with Crippen LogP contribution in [0.3, 0.4) is 0 Å². The maximum Gasteiger partial charge on any atom is 0.294 e. The molecule has 2 heterocycles. The normalized spacial score (nSPS) is 15.7. The second-order valence-electron chi connectivity index (χ2n) is 7.43. The van der Waals surface area contributed by atoms with Gasteiger partial charge in [0.05, 0.1) is 4.92 Å². The highest BCUT2D eigenvalue weighted by molar-refractivity contribution is 5.85. The largest absolute Gasteiger partial charge is 0.393 e. The third-order valence-electron chi connectivity index (χ3n) is 4.91. The number of carbonyl (C=O) groups is 1. The summed E-state index contributed by atoms with van der Waals surface area (Å²) in [6.07, 6.45) is 3.60. The zero-order valence-corrected chi connectivity index (χ0v) is 18.4. The number of carbonyl (C=O) groups excluding carboxylic acids is 1. The van der Waals surface area contributed by atoms with Crippen LogP contribution >= 0.6 is 12.4 Å². The number of piperidine rings is 1. The molecule has 1 atom stereocenters. The number of hydrogen-bond acceptors (Lipinski definition) is 8. The zero-order valence-electron chi connectivity index (χ0n) is 17.6. The molecule has 3 rings (SSSR count). The quantitative estimate of drug-likeness (QED) is 0.332. The Kier molecular flexibility index (Phi) is 8.38. The van der Waals surface area contributed by atoms with Crippen molar-refractivity contribution in [2.75, 3.05) is 29.0 Å². The molecule has 10 nitrogen and oxygen atoms in total. The number of aryl methyl sites for hydroxylation is 1. The Morgan fingerprint density at radius 3 is 2.81 bits per heavy atom. The number of nitrogen functional groups attached to an aromatic ring is 1. The Morgan fingerprint density at radius 2 is 2.13 bits per heavy atom. The van der Waals surface area contributed by atoms with E-state index in [1.165, 1.54) is 19.1 Å². The van der Waals surface area contributed by atoms with E-state index in [4.69, 9.17) is 5.73 Å². The second-order valence-corrected chi connectivity index (χ2v) is 7.43. The van der Waals surface area contributed by atoms with Crippen LogP contribution in [0.15, 0.2) is 24.3 Å². The number of nitrogens with zero attached hydrogens (tertiary/aromatic N) is 4. The van der Waals surface area contributed by atoms with Gasteiger partial charge in [-0.15, -0.1) is 12.4 Å². The lowest BCUT2D eigenvalue weighted by Gasteiger charge is -2.34. The lowest BCUT2D eigenvalue weighted by atomic mass is 10.1. The Morgan fingerprint density at radius 1 is 1.35 bits per heavy atom. The monoisotopic (exact) mass is 449 g/mol. The van der Waals surface area contributed by atoms with Crippen molar-refractivity contribution in [3.8, 4) is 0 Å². The average molecular weight is 450 g/mol. The minimum Gasteiger partial charge on any atom is -0.393 e. The number of hydrogen-bond donors (Lipinski definition) is 3. The number of anilines is 4. The summed E-state index contributed by atoms with van der Waals surface area (Å²) in [4.78, 5) is 33.4. The van der Waals surface area contributed by atoms with Crippen molar-refractivity contribution in [1.82, 2.24) is 15.3 Å². The lowest BCUT2D eigenvalue weighted by molar-refractivity contribution is -0.383. The summed E-state index contributed by atoms with van der Waals surface area (Å²) in [7, 11) is 0. The van der Waals surface area contributed by atoms with E-state index in [9.17, 15) is 14.9 Å². The van der Waals surface area contributed by atoms with Crippen LogP contribution in [0.25, 0.3) is 0 Å². The molecule has 1 aromatic carbocycles. The minimum atomic E-state index is -0.518. The van der Waals surface area contributed by atoms with E-state index >= 15 is 0 Å². The zero-order chi connectivity index (χ0) is 21.7. The van der Waals surface area contributed by atoms with Crippen molar-refractivity contribution in [2.24, 2.45) is 0 Å². The molecule has 11 heteroatoms. The van der Waals surface area contributed by atoms with Crippen LogP contribution in [0.4, 0.5) is 28.8 Å². The molecule has 2 aromatic rings. The van der Waals surface area contributed by atoms with Gasteiger partial charge in [-0.2, -0.15) is 4.98 Å². The maximum absolute atomic E-state index is 11.4. The fraction of sp³-hybridized carbons (Fsp3) is 0.450. The number of amides is 1. The van der Waals surface area contributed by atoms with Crippen LogP contribution < -0.4 is 21.3 Å². The molecule has 0 bridgehead atoms. The number of nitrogens with one attached hydrogen (secondary N) is 2. The van der Waals surface area contributed by atoms with E-state index in [1.54, 1.807) is 6.07 Å². The Bertz CT molecular complexity index is 941. The number of aromatic nitrogens is 2. The van der Waals surface area contributed by atoms with Gasteiger partial charge in [0.25, 0.3) is 5.69 Å². The van der Waals surface area contributed by atoms with E-state index in [-0.39, 0.29) is 35.7 Å². The standard InChI is InChI=1S/C20H27N7O3.ClH/c1-3-5-14-11-19(26-9-4-6-16(12-26)22-13(2)28)25-20(23-14)24-15-7-8-17(21)18(10-15)27(29)30;/h7-8,10-11,16H,3-6,9,12,21H2,1-2H3,(H,22,28)(H,23,24,25);1H. The van der Waals surface area contributed by atoms with Gasteiger partial charge in [0.2, 0.25) is 11.9 Å². The summed E-state index contributed by atoms with van der Waals surface area (Å²) in [5.74, 6) is 1.11. The predicted molar refractivity (Wildman–Crippen MR) is 123 cm³/mol. The van der Waals surface area contributed by atoms with Crippen LogP contribution in [-0.2, 0) is 11.2 Å². The van der Waals surface area contributed by atoms with Gasteiger partial charge in [0, 0.05) is 49.6 Å². The average Bonchev–Trinajstić information content (AvgIpc) is 2.69. The van der Waals surface area contributed by atoms with Gasteiger partial charge in [0.1, 0.15) is 11.5 Å². The lowest BCUT2D eigenvalue weighted by Crippen LogP contribution is -2.47. The number of rotatable bonds is 7. The van der Waals surface area contributed by atoms with E-state index in [0.717, 1.165) is 43.7 Å². The maximum atomic E-state index is 11.4. The summed E-state index contributed by atoms with van der Waals surface area (Å²) < 4.78 is 0. The fourth-order valence-corrected chi connectivity index (χ4v) is 3.58. The number of nitro groups is 1. The van der Waals surface area contributed by atoms with Crippen LogP contribution in [0, 0.1) is 10.1 Å².